The summed E-state index contributed by atoms with van der Waals surface area (Å²) in [5, 5.41) is 13.1. The molecule has 0 atom stereocenters. The van der Waals surface area contributed by atoms with E-state index in [0.29, 0.717) is 6.61 Å². The van der Waals surface area contributed by atoms with E-state index in [0.717, 1.165) is 12.8 Å². The number of rotatable bonds is 5. The summed E-state index contributed by atoms with van der Waals surface area (Å²) in [6.07, 6.45) is 1.05. The third-order valence-corrected chi connectivity index (χ3v) is 2.20. The molecule has 0 saturated carbocycles. The SMILES string of the molecule is CCCCOC(=O)Nc1ccc(N)c([N+](=O)[O-])c1. The van der Waals surface area contributed by atoms with Crippen LogP contribution in [0.4, 0.5) is 21.9 Å². The Morgan fingerprint density at radius 3 is 2.89 bits per heavy atom. The first-order valence-corrected chi connectivity index (χ1v) is 5.52. The van der Waals surface area contributed by atoms with Gasteiger partial charge in [0.2, 0.25) is 0 Å². The number of nitro benzene ring substituents is 1. The molecule has 0 fully saturated rings. The predicted octanol–water partition coefficient (Wildman–Crippen LogP) is 2.53. The first-order chi connectivity index (χ1) is 8.54. The third kappa shape index (κ3) is 3.93. The highest BCUT2D eigenvalue weighted by Crippen LogP contribution is 2.24. The number of amides is 1. The summed E-state index contributed by atoms with van der Waals surface area (Å²) in [5.74, 6) is 0. The van der Waals surface area contributed by atoms with Crippen LogP contribution < -0.4 is 11.1 Å². The Kier molecular flexibility index (Phi) is 4.91. The first kappa shape index (κ1) is 13.8. The van der Waals surface area contributed by atoms with Crippen molar-refractivity contribution >= 4 is 23.2 Å². The molecule has 3 N–H and O–H groups in total. The summed E-state index contributed by atoms with van der Waals surface area (Å²) in [7, 11) is 0. The van der Waals surface area contributed by atoms with Crippen LogP contribution in [0.5, 0.6) is 0 Å². The second-order valence-corrected chi connectivity index (χ2v) is 3.65. The Balaban J connectivity index is 2.65. The molecule has 18 heavy (non-hydrogen) atoms. The number of carbonyl (C=O) groups is 1. The fourth-order valence-corrected chi connectivity index (χ4v) is 1.24. The lowest BCUT2D eigenvalue weighted by Gasteiger charge is -2.06. The van der Waals surface area contributed by atoms with E-state index in [9.17, 15) is 14.9 Å². The van der Waals surface area contributed by atoms with Gasteiger partial charge >= 0.3 is 6.09 Å². The summed E-state index contributed by atoms with van der Waals surface area (Å²) in [4.78, 5) is 21.4. The van der Waals surface area contributed by atoms with E-state index in [1.165, 1.54) is 18.2 Å². The van der Waals surface area contributed by atoms with Gasteiger partial charge in [0.15, 0.2) is 0 Å². The Bertz CT molecular complexity index is 448. The van der Waals surface area contributed by atoms with Gasteiger partial charge in [-0.15, -0.1) is 0 Å². The van der Waals surface area contributed by atoms with Gasteiger partial charge in [-0.3, -0.25) is 15.4 Å². The van der Waals surface area contributed by atoms with Crippen LogP contribution in [-0.2, 0) is 4.74 Å². The Morgan fingerprint density at radius 1 is 1.56 bits per heavy atom. The predicted molar refractivity (Wildman–Crippen MR) is 67.4 cm³/mol. The molecule has 1 aromatic carbocycles. The van der Waals surface area contributed by atoms with E-state index in [1.54, 1.807) is 0 Å². The van der Waals surface area contributed by atoms with Crippen molar-refractivity contribution in [3.8, 4) is 0 Å². The Hall–Kier alpha value is -2.31. The second-order valence-electron chi connectivity index (χ2n) is 3.65. The van der Waals surface area contributed by atoms with Gasteiger partial charge in [-0.1, -0.05) is 13.3 Å². The number of hydrogen-bond donors (Lipinski definition) is 2. The van der Waals surface area contributed by atoms with Crippen molar-refractivity contribution in [3.63, 3.8) is 0 Å². The summed E-state index contributed by atoms with van der Waals surface area (Å²) >= 11 is 0. The summed E-state index contributed by atoms with van der Waals surface area (Å²) in [6, 6.07) is 4.03. The number of anilines is 2. The van der Waals surface area contributed by atoms with Crippen molar-refractivity contribution in [2.45, 2.75) is 19.8 Å². The van der Waals surface area contributed by atoms with E-state index in [4.69, 9.17) is 10.5 Å². The van der Waals surface area contributed by atoms with Crippen LogP contribution in [-0.4, -0.2) is 17.6 Å². The van der Waals surface area contributed by atoms with E-state index in [2.05, 4.69) is 5.32 Å². The number of nitro groups is 1. The molecular weight excluding hydrogens is 238 g/mol. The van der Waals surface area contributed by atoms with Crippen LogP contribution >= 0.6 is 0 Å². The van der Waals surface area contributed by atoms with Gasteiger partial charge in [-0.05, 0) is 18.6 Å². The normalized spacial score (nSPS) is 9.83. The van der Waals surface area contributed by atoms with E-state index >= 15 is 0 Å². The van der Waals surface area contributed by atoms with Crippen molar-refractivity contribution < 1.29 is 14.5 Å². The molecule has 0 heterocycles. The fourth-order valence-electron chi connectivity index (χ4n) is 1.24. The van der Waals surface area contributed by atoms with Gasteiger partial charge in [0.25, 0.3) is 5.69 Å². The van der Waals surface area contributed by atoms with Crippen LogP contribution in [0.1, 0.15) is 19.8 Å². The minimum atomic E-state index is -0.637. The molecule has 0 aromatic heterocycles. The van der Waals surface area contributed by atoms with Gasteiger partial charge in [0.05, 0.1) is 17.2 Å². The lowest BCUT2D eigenvalue weighted by molar-refractivity contribution is -0.383. The molecule has 0 aliphatic heterocycles. The Labute approximate surface area is 104 Å². The molecule has 7 nitrogen and oxygen atoms in total. The average molecular weight is 253 g/mol. The first-order valence-electron chi connectivity index (χ1n) is 5.52. The van der Waals surface area contributed by atoms with E-state index in [-0.39, 0.29) is 17.1 Å². The molecular formula is C11H15N3O4. The molecule has 0 saturated heterocycles. The lowest BCUT2D eigenvalue weighted by Crippen LogP contribution is -2.14. The quantitative estimate of drug-likeness (QED) is 0.363. The van der Waals surface area contributed by atoms with Crippen molar-refractivity contribution in [3.05, 3.63) is 28.3 Å². The van der Waals surface area contributed by atoms with Crippen LogP contribution in [0.15, 0.2) is 18.2 Å². The number of benzene rings is 1. The van der Waals surface area contributed by atoms with Crippen LogP contribution in [0.2, 0.25) is 0 Å². The molecule has 0 radical (unpaired) electrons. The zero-order valence-electron chi connectivity index (χ0n) is 10.0. The maximum Gasteiger partial charge on any atom is 0.411 e. The van der Waals surface area contributed by atoms with Gasteiger partial charge in [0, 0.05) is 6.07 Å². The molecule has 0 bridgehead atoms. The molecule has 1 amide bonds. The standard InChI is InChI=1S/C11H15N3O4/c1-2-3-6-18-11(15)13-8-4-5-9(12)10(7-8)14(16)17/h4-5,7H,2-3,6,12H2,1H3,(H,13,15). The maximum atomic E-state index is 11.3. The van der Waals surface area contributed by atoms with Crippen LogP contribution in [0.3, 0.4) is 0 Å². The van der Waals surface area contributed by atoms with E-state index < -0.39 is 11.0 Å². The summed E-state index contributed by atoms with van der Waals surface area (Å²) in [5.41, 5.74) is 5.51. The molecule has 1 rings (SSSR count). The Morgan fingerprint density at radius 2 is 2.28 bits per heavy atom. The zero-order chi connectivity index (χ0) is 13.5. The molecule has 0 unspecified atom stereocenters. The average Bonchev–Trinajstić information content (AvgIpc) is 2.31. The summed E-state index contributed by atoms with van der Waals surface area (Å²) in [6.45, 7) is 2.30. The number of nitrogens with two attached hydrogens (primary N) is 1. The highest BCUT2D eigenvalue weighted by molar-refractivity contribution is 5.86. The number of ether oxygens (including phenoxy) is 1. The largest absolute Gasteiger partial charge is 0.449 e. The molecule has 0 aliphatic rings. The topological polar surface area (TPSA) is 107 Å². The van der Waals surface area contributed by atoms with Crippen molar-refractivity contribution in [2.24, 2.45) is 0 Å². The van der Waals surface area contributed by atoms with Gasteiger partial charge in [-0.2, -0.15) is 0 Å². The lowest BCUT2D eigenvalue weighted by atomic mass is 10.2. The third-order valence-electron chi connectivity index (χ3n) is 2.20. The highest BCUT2D eigenvalue weighted by Gasteiger charge is 2.13. The fraction of sp³-hybridized carbons (Fsp3) is 0.364. The molecule has 0 spiro atoms. The van der Waals surface area contributed by atoms with Crippen molar-refractivity contribution in [1.29, 1.82) is 0 Å². The van der Waals surface area contributed by atoms with Crippen LogP contribution in [0.25, 0.3) is 0 Å². The second kappa shape index (κ2) is 6.43. The zero-order valence-corrected chi connectivity index (χ0v) is 10.0. The smallest absolute Gasteiger partial charge is 0.411 e. The minimum Gasteiger partial charge on any atom is -0.449 e. The molecule has 1 aromatic rings. The van der Waals surface area contributed by atoms with E-state index in [1.807, 2.05) is 6.92 Å². The number of hydrogen-bond acceptors (Lipinski definition) is 5. The highest BCUT2D eigenvalue weighted by atomic mass is 16.6. The van der Waals surface area contributed by atoms with Gasteiger partial charge in [-0.25, -0.2) is 4.79 Å². The number of carbonyl (C=O) groups excluding carboxylic acids is 1. The minimum absolute atomic E-state index is 0.0462. The van der Waals surface area contributed by atoms with Gasteiger partial charge < -0.3 is 10.5 Å². The molecule has 98 valence electrons. The van der Waals surface area contributed by atoms with Crippen LogP contribution in [0, 0.1) is 10.1 Å². The monoisotopic (exact) mass is 253 g/mol. The maximum absolute atomic E-state index is 11.3. The van der Waals surface area contributed by atoms with Crippen molar-refractivity contribution in [1.82, 2.24) is 0 Å². The number of nitrogen functional groups attached to an aromatic ring is 1. The number of nitrogens with one attached hydrogen (secondary N) is 1. The summed E-state index contributed by atoms with van der Waals surface area (Å²) < 4.78 is 4.87. The molecule has 7 heteroatoms. The number of unbranched alkanes of at least 4 members (excludes halogenated alkanes) is 1. The van der Waals surface area contributed by atoms with Gasteiger partial charge in [0.1, 0.15) is 5.69 Å². The van der Waals surface area contributed by atoms with Crippen molar-refractivity contribution in [2.75, 3.05) is 17.7 Å². The number of nitrogens with zero attached hydrogens (tertiary/aromatic N) is 1. The molecule has 0 aliphatic carbocycles.